The molecule has 0 fully saturated rings. The molecule has 0 saturated carbocycles. The maximum absolute atomic E-state index is 12.6. The Balaban J connectivity index is 1.47. The third-order valence-electron chi connectivity index (χ3n) is 4.35. The van der Waals surface area contributed by atoms with Gasteiger partial charge in [0.05, 0.1) is 30.3 Å². The first-order chi connectivity index (χ1) is 16.0. The van der Waals surface area contributed by atoms with Crippen LogP contribution in [0.2, 0.25) is 0 Å². The number of anilines is 4. The van der Waals surface area contributed by atoms with Gasteiger partial charge in [0, 0.05) is 5.56 Å². The molecule has 0 unspecified atom stereocenters. The van der Waals surface area contributed by atoms with Gasteiger partial charge in [0.1, 0.15) is 5.75 Å². The minimum Gasteiger partial charge on any atom is -0.495 e. The zero-order chi connectivity index (χ0) is 23.2. The van der Waals surface area contributed by atoms with Gasteiger partial charge in [0.25, 0.3) is 0 Å². The number of hydrogen-bond acceptors (Lipinski definition) is 12. The minimum atomic E-state index is -0.579. The van der Waals surface area contributed by atoms with Crippen LogP contribution in [0.25, 0.3) is 11.3 Å². The fraction of sp³-hybridized carbons (Fsp3) is 0.0952. The van der Waals surface area contributed by atoms with E-state index in [0.717, 1.165) is 0 Å². The Morgan fingerprint density at radius 2 is 1.85 bits per heavy atom. The van der Waals surface area contributed by atoms with Crippen LogP contribution in [0.5, 0.6) is 5.75 Å². The third-order valence-corrected chi connectivity index (χ3v) is 4.35. The van der Waals surface area contributed by atoms with Crippen molar-refractivity contribution in [3.63, 3.8) is 0 Å². The van der Waals surface area contributed by atoms with Gasteiger partial charge in [-0.1, -0.05) is 24.3 Å². The van der Waals surface area contributed by atoms with Gasteiger partial charge in [0.15, 0.2) is 12.4 Å². The second-order valence-electron chi connectivity index (χ2n) is 6.62. The first-order valence-corrected chi connectivity index (χ1v) is 9.65. The van der Waals surface area contributed by atoms with Crippen LogP contribution in [0.15, 0.2) is 54.7 Å². The van der Waals surface area contributed by atoms with Gasteiger partial charge in [0.2, 0.25) is 17.8 Å². The van der Waals surface area contributed by atoms with Crippen LogP contribution in [-0.2, 0) is 11.3 Å². The Bertz CT molecular complexity index is 1300. The number of hydrogen-bond donors (Lipinski definition) is 3. The van der Waals surface area contributed by atoms with Gasteiger partial charge in [-0.15, -0.1) is 5.10 Å². The Morgan fingerprint density at radius 3 is 2.67 bits per heavy atom. The van der Waals surface area contributed by atoms with Crippen molar-refractivity contribution in [1.29, 1.82) is 0 Å². The summed E-state index contributed by atoms with van der Waals surface area (Å²) in [7, 11) is 1.55. The summed E-state index contributed by atoms with van der Waals surface area (Å²) in [5.74, 6) is 0.399. The molecule has 0 aliphatic heterocycles. The van der Waals surface area contributed by atoms with Crippen molar-refractivity contribution in [2.75, 3.05) is 23.9 Å². The number of nitrogen functional groups attached to an aromatic ring is 2. The first-order valence-electron chi connectivity index (χ1n) is 9.65. The maximum atomic E-state index is 12.6. The van der Waals surface area contributed by atoms with E-state index in [4.69, 9.17) is 20.9 Å². The second kappa shape index (κ2) is 9.51. The molecule has 4 rings (SSSR count). The van der Waals surface area contributed by atoms with Gasteiger partial charge in [-0.05, 0) is 24.3 Å². The van der Waals surface area contributed by atoms with Crippen molar-refractivity contribution >= 4 is 29.5 Å². The van der Waals surface area contributed by atoms with Crippen molar-refractivity contribution in [1.82, 2.24) is 30.1 Å². The molecule has 0 atom stereocenters. The number of para-hydroxylation sites is 2. The molecule has 0 radical (unpaired) electrons. The summed E-state index contributed by atoms with van der Waals surface area (Å²) in [5, 5.41) is 10.4. The van der Waals surface area contributed by atoms with Crippen molar-refractivity contribution in [3.8, 4) is 17.0 Å². The van der Waals surface area contributed by atoms with Crippen LogP contribution in [0.3, 0.4) is 0 Å². The lowest BCUT2D eigenvalue weighted by atomic mass is 10.1. The lowest BCUT2D eigenvalue weighted by molar-refractivity contribution is 0.0462. The summed E-state index contributed by atoms with van der Waals surface area (Å²) in [6.07, 6.45) is 1.45. The quantitative estimate of drug-likeness (QED) is 0.353. The van der Waals surface area contributed by atoms with E-state index in [0.29, 0.717) is 28.3 Å². The number of carbonyl (C=O) groups excluding carboxylic acids is 1. The molecule has 0 saturated heterocycles. The van der Waals surface area contributed by atoms with Crippen LogP contribution in [0, 0.1) is 0 Å². The number of aromatic nitrogens is 6. The molecule has 166 valence electrons. The van der Waals surface area contributed by atoms with E-state index in [2.05, 4.69) is 35.5 Å². The SMILES string of the molecule is COc1ccccc1Nc1nc(N)nc(COC(=O)c2cccc(-c3cnnc(N)n3)c2)n1. The van der Waals surface area contributed by atoms with Gasteiger partial charge in [-0.2, -0.15) is 20.1 Å². The number of benzene rings is 2. The molecule has 12 heteroatoms. The smallest absolute Gasteiger partial charge is 0.338 e. The van der Waals surface area contributed by atoms with Gasteiger partial charge in [-0.25, -0.2) is 9.78 Å². The summed E-state index contributed by atoms with van der Waals surface area (Å²) in [5.41, 5.74) is 13.4. The van der Waals surface area contributed by atoms with Gasteiger partial charge < -0.3 is 26.3 Å². The van der Waals surface area contributed by atoms with Crippen LogP contribution in [-0.4, -0.2) is 43.2 Å². The van der Waals surface area contributed by atoms with E-state index in [1.807, 2.05) is 12.1 Å². The predicted octanol–water partition coefficient (Wildman–Crippen LogP) is 2.00. The fourth-order valence-corrected chi connectivity index (χ4v) is 2.90. The molecule has 0 spiro atoms. The Kier molecular flexibility index (Phi) is 6.16. The number of nitrogens with one attached hydrogen (secondary N) is 1. The highest BCUT2D eigenvalue weighted by molar-refractivity contribution is 5.90. The normalized spacial score (nSPS) is 10.5. The van der Waals surface area contributed by atoms with E-state index >= 15 is 0 Å². The van der Waals surface area contributed by atoms with Crippen molar-refractivity contribution in [2.24, 2.45) is 0 Å². The summed E-state index contributed by atoms with van der Waals surface area (Å²) >= 11 is 0. The van der Waals surface area contributed by atoms with E-state index in [-0.39, 0.29) is 30.3 Å². The number of methoxy groups -OCH3 is 1. The third kappa shape index (κ3) is 5.25. The maximum Gasteiger partial charge on any atom is 0.338 e. The van der Waals surface area contributed by atoms with Crippen LogP contribution in [0.1, 0.15) is 16.2 Å². The monoisotopic (exact) mass is 445 g/mol. The van der Waals surface area contributed by atoms with Crippen LogP contribution < -0.4 is 21.5 Å². The molecule has 2 aromatic carbocycles. The lowest BCUT2D eigenvalue weighted by Crippen LogP contribution is -2.11. The Hall–Kier alpha value is -4.87. The molecule has 2 aromatic heterocycles. The van der Waals surface area contributed by atoms with Crippen molar-refractivity contribution in [2.45, 2.75) is 6.61 Å². The molecule has 4 aromatic rings. The zero-order valence-corrected chi connectivity index (χ0v) is 17.5. The van der Waals surface area contributed by atoms with E-state index < -0.39 is 5.97 Å². The number of nitrogens with zero attached hydrogens (tertiary/aromatic N) is 6. The number of rotatable bonds is 7. The lowest BCUT2D eigenvalue weighted by Gasteiger charge is -2.11. The number of carbonyl (C=O) groups is 1. The molecule has 5 N–H and O–H groups in total. The molecule has 0 amide bonds. The number of ether oxygens (including phenoxy) is 2. The minimum absolute atomic E-state index is 0.0238. The standard InChI is InChI=1S/C21H19N9O3/c1-32-16-8-3-2-7-14(16)26-21-28-17(27-19(22)29-21)11-33-18(31)13-6-4-5-12(9-13)15-10-24-30-20(23)25-15/h2-10H,11H2,1H3,(H2,23,25,30)(H3,22,26,27,28,29). The average Bonchev–Trinajstić information content (AvgIpc) is 2.82. The highest BCUT2D eigenvalue weighted by atomic mass is 16.5. The molecule has 2 heterocycles. The molecule has 0 aliphatic carbocycles. The highest BCUT2D eigenvalue weighted by Gasteiger charge is 2.13. The van der Waals surface area contributed by atoms with Crippen LogP contribution >= 0.6 is 0 Å². The van der Waals surface area contributed by atoms with E-state index in [1.165, 1.54) is 6.20 Å². The van der Waals surface area contributed by atoms with Crippen LogP contribution in [0.4, 0.5) is 23.5 Å². The topological polar surface area (TPSA) is 177 Å². The number of nitrogens with two attached hydrogens (primary N) is 2. The van der Waals surface area contributed by atoms with E-state index in [9.17, 15) is 4.79 Å². The number of esters is 1. The highest BCUT2D eigenvalue weighted by Crippen LogP contribution is 2.25. The summed E-state index contributed by atoms with van der Waals surface area (Å²) in [6, 6.07) is 13.9. The van der Waals surface area contributed by atoms with Gasteiger partial charge in [-0.3, -0.25) is 0 Å². The van der Waals surface area contributed by atoms with Gasteiger partial charge >= 0.3 is 5.97 Å². The van der Waals surface area contributed by atoms with E-state index in [1.54, 1.807) is 43.5 Å². The zero-order valence-electron chi connectivity index (χ0n) is 17.5. The second-order valence-corrected chi connectivity index (χ2v) is 6.62. The van der Waals surface area contributed by atoms with Crippen molar-refractivity contribution in [3.05, 3.63) is 66.1 Å². The molecular formula is C21H19N9O3. The molecular weight excluding hydrogens is 426 g/mol. The molecule has 0 bridgehead atoms. The molecule has 12 nitrogen and oxygen atoms in total. The fourth-order valence-electron chi connectivity index (χ4n) is 2.90. The Labute approximate surface area is 188 Å². The summed E-state index contributed by atoms with van der Waals surface area (Å²) in [4.78, 5) is 29.0. The Morgan fingerprint density at radius 1 is 1.00 bits per heavy atom. The predicted molar refractivity (Wildman–Crippen MR) is 119 cm³/mol. The summed E-state index contributed by atoms with van der Waals surface area (Å²) in [6.45, 7) is -0.210. The molecule has 0 aliphatic rings. The average molecular weight is 445 g/mol. The summed E-state index contributed by atoms with van der Waals surface area (Å²) < 4.78 is 10.7. The largest absolute Gasteiger partial charge is 0.495 e. The molecule has 33 heavy (non-hydrogen) atoms. The van der Waals surface area contributed by atoms with Crippen molar-refractivity contribution < 1.29 is 14.3 Å². The first kappa shape index (κ1) is 21.4.